The highest BCUT2D eigenvalue weighted by molar-refractivity contribution is 6.05. The predicted octanol–water partition coefficient (Wildman–Crippen LogP) is 4.51. The third-order valence-corrected chi connectivity index (χ3v) is 3.60. The monoisotopic (exact) mass is 346 g/mol. The molecule has 0 saturated heterocycles. The van der Waals surface area contributed by atoms with Gasteiger partial charge in [-0.05, 0) is 36.4 Å². The number of halogens is 3. The van der Waals surface area contributed by atoms with Crippen molar-refractivity contribution in [1.29, 1.82) is 0 Å². The summed E-state index contributed by atoms with van der Waals surface area (Å²) in [5, 5.41) is 3.32. The Morgan fingerprint density at radius 2 is 1.92 bits per heavy atom. The molecule has 0 radical (unpaired) electrons. The number of pyridine rings is 1. The molecule has 2 aromatic carbocycles. The summed E-state index contributed by atoms with van der Waals surface area (Å²) in [4.78, 5) is 16.4. The predicted molar refractivity (Wildman–Crippen MR) is 87.7 cm³/mol. The highest BCUT2D eigenvalue weighted by Gasteiger charge is 2.30. The molecule has 1 N–H and O–H groups in total. The molecule has 0 saturated carbocycles. The number of methoxy groups -OCH3 is 1. The normalized spacial score (nSPS) is 11.4. The molecule has 25 heavy (non-hydrogen) atoms. The first-order valence-corrected chi connectivity index (χ1v) is 7.29. The van der Waals surface area contributed by atoms with Crippen molar-refractivity contribution < 1.29 is 22.7 Å². The number of alkyl halides is 3. The number of hydrogen-bond acceptors (Lipinski definition) is 3. The van der Waals surface area contributed by atoms with E-state index < -0.39 is 17.6 Å². The van der Waals surface area contributed by atoms with E-state index in [1.807, 2.05) is 0 Å². The molecule has 128 valence electrons. The van der Waals surface area contributed by atoms with Crippen LogP contribution in [0, 0.1) is 0 Å². The first-order valence-electron chi connectivity index (χ1n) is 7.29. The zero-order valence-electron chi connectivity index (χ0n) is 13.1. The van der Waals surface area contributed by atoms with Gasteiger partial charge in [-0.1, -0.05) is 6.07 Å². The van der Waals surface area contributed by atoms with Crippen LogP contribution in [0.2, 0.25) is 0 Å². The van der Waals surface area contributed by atoms with E-state index in [2.05, 4.69) is 10.3 Å². The number of carbonyl (C=O) groups is 1. The summed E-state index contributed by atoms with van der Waals surface area (Å²) in [6.45, 7) is 0. The van der Waals surface area contributed by atoms with E-state index in [9.17, 15) is 18.0 Å². The number of carbonyl (C=O) groups excluding carboxylic acids is 1. The second-order valence-corrected chi connectivity index (χ2v) is 5.32. The van der Waals surface area contributed by atoms with E-state index in [0.717, 1.165) is 17.5 Å². The van der Waals surface area contributed by atoms with Crippen molar-refractivity contribution in [2.75, 3.05) is 12.4 Å². The fraction of sp³-hybridized carbons (Fsp3) is 0.111. The van der Waals surface area contributed by atoms with Gasteiger partial charge in [-0.3, -0.25) is 9.78 Å². The molecule has 1 amide bonds. The van der Waals surface area contributed by atoms with Gasteiger partial charge in [0.2, 0.25) is 0 Å². The number of nitrogens with one attached hydrogen (secondary N) is 1. The highest BCUT2D eigenvalue weighted by atomic mass is 19.4. The maximum absolute atomic E-state index is 12.7. The first-order chi connectivity index (χ1) is 11.9. The summed E-state index contributed by atoms with van der Waals surface area (Å²) in [5.74, 6) is 0.0153. The molecule has 3 aromatic rings. The summed E-state index contributed by atoms with van der Waals surface area (Å²) in [5.41, 5.74) is 0.116. The van der Waals surface area contributed by atoms with Crippen molar-refractivity contribution in [2.24, 2.45) is 0 Å². The summed E-state index contributed by atoms with van der Waals surface area (Å²) in [7, 11) is 1.55. The number of hydrogen-bond donors (Lipinski definition) is 1. The van der Waals surface area contributed by atoms with Crippen LogP contribution in [-0.4, -0.2) is 18.0 Å². The van der Waals surface area contributed by atoms with Gasteiger partial charge in [-0.25, -0.2) is 0 Å². The lowest BCUT2D eigenvalue weighted by atomic mass is 10.1. The van der Waals surface area contributed by atoms with Crippen LogP contribution in [0.5, 0.6) is 5.75 Å². The number of anilines is 1. The quantitative estimate of drug-likeness (QED) is 0.759. The number of rotatable bonds is 3. The summed E-state index contributed by atoms with van der Waals surface area (Å²) < 4.78 is 43.3. The van der Waals surface area contributed by atoms with Crippen molar-refractivity contribution in [3.8, 4) is 5.75 Å². The Balaban J connectivity index is 1.84. The van der Waals surface area contributed by atoms with Gasteiger partial charge in [0.1, 0.15) is 5.75 Å². The second kappa shape index (κ2) is 6.43. The Labute approximate surface area is 141 Å². The number of fused-ring (bicyclic) bond motifs is 1. The average molecular weight is 346 g/mol. The van der Waals surface area contributed by atoms with E-state index in [-0.39, 0.29) is 5.56 Å². The van der Waals surface area contributed by atoms with Crippen LogP contribution in [0.4, 0.5) is 18.9 Å². The number of benzene rings is 2. The fourth-order valence-electron chi connectivity index (χ4n) is 2.34. The largest absolute Gasteiger partial charge is 0.497 e. The maximum atomic E-state index is 12.7. The van der Waals surface area contributed by atoms with Crippen LogP contribution >= 0.6 is 0 Å². The maximum Gasteiger partial charge on any atom is 0.416 e. The molecule has 1 aromatic heterocycles. The highest BCUT2D eigenvalue weighted by Crippen LogP contribution is 2.29. The number of ether oxygens (including phenoxy) is 1. The van der Waals surface area contributed by atoms with Crippen molar-refractivity contribution in [3.63, 3.8) is 0 Å². The van der Waals surface area contributed by atoms with Gasteiger partial charge in [0, 0.05) is 17.0 Å². The van der Waals surface area contributed by atoms with Crippen LogP contribution in [0.3, 0.4) is 0 Å². The van der Waals surface area contributed by atoms with Crippen molar-refractivity contribution in [1.82, 2.24) is 4.98 Å². The third kappa shape index (κ3) is 3.71. The Kier molecular flexibility index (Phi) is 4.31. The zero-order valence-corrected chi connectivity index (χ0v) is 13.1. The van der Waals surface area contributed by atoms with Crippen LogP contribution in [0.25, 0.3) is 10.9 Å². The van der Waals surface area contributed by atoms with Gasteiger partial charge in [-0.2, -0.15) is 13.2 Å². The molecule has 0 aliphatic rings. The molecule has 0 unspecified atom stereocenters. The van der Waals surface area contributed by atoms with Gasteiger partial charge < -0.3 is 10.1 Å². The van der Waals surface area contributed by atoms with Gasteiger partial charge in [0.05, 0.1) is 30.1 Å². The van der Waals surface area contributed by atoms with Crippen molar-refractivity contribution >= 4 is 22.5 Å². The SMILES string of the molecule is COc1ccc2cc(NC(=O)c3cccc(C(F)(F)F)c3)cnc2c1. The summed E-state index contributed by atoms with van der Waals surface area (Å²) in [6, 6.07) is 11.2. The minimum Gasteiger partial charge on any atom is -0.497 e. The molecule has 0 aliphatic carbocycles. The Hall–Kier alpha value is -3.09. The van der Waals surface area contributed by atoms with E-state index in [0.29, 0.717) is 17.0 Å². The van der Waals surface area contributed by atoms with E-state index in [4.69, 9.17) is 4.74 Å². The van der Waals surface area contributed by atoms with Gasteiger partial charge >= 0.3 is 6.18 Å². The average Bonchev–Trinajstić information content (AvgIpc) is 2.60. The minimum atomic E-state index is -4.50. The van der Waals surface area contributed by atoms with Crippen molar-refractivity contribution in [2.45, 2.75) is 6.18 Å². The molecular weight excluding hydrogens is 333 g/mol. The van der Waals surface area contributed by atoms with Crippen LogP contribution in [0.1, 0.15) is 15.9 Å². The van der Waals surface area contributed by atoms with Crippen molar-refractivity contribution in [3.05, 3.63) is 65.9 Å². The van der Waals surface area contributed by atoms with E-state index in [1.54, 1.807) is 31.4 Å². The Bertz CT molecular complexity index is 939. The molecule has 4 nitrogen and oxygen atoms in total. The van der Waals surface area contributed by atoms with Crippen LogP contribution in [0.15, 0.2) is 54.7 Å². The third-order valence-electron chi connectivity index (χ3n) is 3.60. The fourth-order valence-corrected chi connectivity index (χ4v) is 2.34. The molecule has 0 fully saturated rings. The number of aromatic nitrogens is 1. The molecule has 0 spiro atoms. The smallest absolute Gasteiger partial charge is 0.416 e. The lowest BCUT2D eigenvalue weighted by molar-refractivity contribution is -0.137. The molecule has 0 aliphatic heterocycles. The van der Waals surface area contributed by atoms with E-state index >= 15 is 0 Å². The molecular formula is C18H13F3N2O2. The zero-order chi connectivity index (χ0) is 18.0. The molecule has 7 heteroatoms. The van der Waals surface area contributed by atoms with E-state index in [1.165, 1.54) is 18.3 Å². The van der Waals surface area contributed by atoms with Gasteiger partial charge in [0.15, 0.2) is 0 Å². The standard InChI is InChI=1S/C18H13F3N2O2/c1-25-15-6-5-11-8-14(10-22-16(11)9-15)23-17(24)12-3-2-4-13(7-12)18(19,20)21/h2-10H,1H3,(H,23,24). The lowest BCUT2D eigenvalue weighted by Crippen LogP contribution is -2.14. The Morgan fingerprint density at radius 1 is 1.12 bits per heavy atom. The molecule has 0 atom stereocenters. The summed E-state index contributed by atoms with van der Waals surface area (Å²) in [6.07, 6.45) is -3.06. The summed E-state index contributed by atoms with van der Waals surface area (Å²) >= 11 is 0. The second-order valence-electron chi connectivity index (χ2n) is 5.32. The molecule has 1 heterocycles. The topological polar surface area (TPSA) is 51.2 Å². The number of nitrogens with zero attached hydrogens (tertiary/aromatic N) is 1. The van der Waals surface area contributed by atoms with Gasteiger partial charge in [-0.15, -0.1) is 0 Å². The van der Waals surface area contributed by atoms with Gasteiger partial charge in [0.25, 0.3) is 5.91 Å². The number of amides is 1. The lowest BCUT2D eigenvalue weighted by Gasteiger charge is -2.10. The van der Waals surface area contributed by atoms with Crippen LogP contribution in [-0.2, 0) is 6.18 Å². The molecule has 3 rings (SSSR count). The minimum absolute atomic E-state index is 0.0790. The Morgan fingerprint density at radius 3 is 2.64 bits per heavy atom. The first kappa shape index (κ1) is 16.8. The van der Waals surface area contributed by atoms with Crippen LogP contribution < -0.4 is 10.1 Å². The molecule has 0 bridgehead atoms.